The first-order valence-electron chi connectivity index (χ1n) is 14.0. The van der Waals surface area contributed by atoms with Gasteiger partial charge in [0, 0.05) is 67.4 Å². The van der Waals surface area contributed by atoms with Gasteiger partial charge in [-0.1, -0.05) is 23.2 Å². The monoisotopic (exact) mass is 598 g/mol. The highest BCUT2D eigenvalue weighted by Crippen LogP contribution is 2.31. The number of hydrogen-bond acceptors (Lipinski definition) is 8. The number of aliphatic hydroxyl groups excluding tert-OH is 1. The van der Waals surface area contributed by atoms with Gasteiger partial charge in [0.2, 0.25) is 11.8 Å². The van der Waals surface area contributed by atoms with Crippen LogP contribution in [0.3, 0.4) is 0 Å². The van der Waals surface area contributed by atoms with Gasteiger partial charge < -0.3 is 25.4 Å². The number of amides is 1. The number of nitrogens with one attached hydrogen (secondary N) is 2. The minimum Gasteiger partial charge on any atom is -0.437 e. The number of piperidine rings is 1. The number of aliphatic hydroxyl groups is 1. The number of benzene rings is 1. The molecule has 0 saturated carbocycles. The fourth-order valence-corrected chi connectivity index (χ4v) is 5.87. The van der Waals surface area contributed by atoms with Crippen molar-refractivity contribution in [1.29, 1.82) is 0 Å². The van der Waals surface area contributed by atoms with E-state index in [0.29, 0.717) is 34.1 Å². The van der Waals surface area contributed by atoms with Crippen molar-refractivity contribution >= 4 is 34.9 Å². The number of anilines is 1. The zero-order valence-corrected chi connectivity index (χ0v) is 24.7. The Kier molecular flexibility index (Phi) is 9.95. The van der Waals surface area contributed by atoms with Gasteiger partial charge in [0.1, 0.15) is 11.6 Å². The molecule has 0 spiro atoms. The molecule has 0 radical (unpaired) electrons. The van der Waals surface area contributed by atoms with Crippen LogP contribution in [0.1, 0.15) is 25.3 Å². The fraction of sp³-hybridized carbons (Fsp3) is 0.433. The molecule has 3 aromatic rings. The first-order valence-corrected chi connectivity index (χ1v) is 14.8. The Morgan fingerprint density at radius 3 is 2.59 bits per heavy atom. The topological polar surface area (TPSA) is 103 Å². The lowest BCUT2D eigenvalue weighted by atomic mass is 9.96. The molecule has 2 fully saturated rings. The highest BCUT2D eigenvalue weighted by molar-refractivity contribution is 6.35. The molecule has 0 bridgehead atoms. The Labute approximate surface area is 250 Å². The number of aromatic nitrogens is 2. The second kappa shape index (κ2) is 13.8. The maximum Gasteiger partial charge on any atom is 0.220 e. The van der Waals surface area contributed by atoms with Crippen LogP contribution in [0, 0.1) is 5.92 Å². The van der Waals surface area contributed by atoms with Crippen LogP contribution in [0.2, 0.25) is 10.0 Å². The predicted octanol–water partition coefficient (Wildman–Crippen LogP) is 4.36. The first-order chi connectivity index (χ1) is 19.8. The molecule has 2 aliphatic heterocycles. The first kappa shape index (κ1) is 29.5. The largest absolute Gasteiger partial charge is 0.437 e. The predicted molar refractivity (Wildman–Crippen MR) is 162 cm³/mol. The van der Waals surface area contributed by atoms with Gasteiger partial charge in [-0.2, -0.15) is 0 Å². The van der Waals surface area contributed by atoms with E-state index < -0.39 is 0 Å². The van der Waals surface area contributed by atoms with E-state index in [0.717, 1.165) is 74.7 Å². The summed E-state index contributed by atoms with van der Waals surface area (Å²) in [5.41, 5.74) is 2.61. The number of pyridine rings is 2. The van der Waals surface area contributed by atoms with Crippen LogP contribution >= 0.6 is 23.2 Å². The lowest BCUT2D eigenvalue weighted by Gasteiger charge is -2.33. The van der Waals surface area contributed by atoms with Gasteiger partial charge in [0.05, 0.1) is 18.5 Å². The molecule has 1 aromatic carbocycles. The van der Waals surface area contributed by atoms with Crippen molar-refractivity contribution in [2.75, 3.05) is 50.8 Å². The average Bonchev–Trinajstić information content (AvgIpc) is 2.96. The molecule has 4 heterocycles. The summed E-state index contributed by atoms with van der Waals surface area (Å²) in [5, 5.41) is 16.8. The van der Waals surface area contributed by atoms with Crippen LogP contribution in [-0.4, -0.2) is 77.8 Å². The van der Waals surface area contributed by atoms with Crippen LogP contribution in [0.15, 0.2) is 48.7 Å². The van der Waals surface area contributed by atoms with Crippen LogP contribution < -0.4 is 20.3 Å². The number of hydrogen-bond donors (Lipinski definition) is 3. The van der Waals surface area contributed by atoms with Crippen molar-refractivity contribution in [2.45, 2.75) is 32.4 Å². The van der Waals surface area contributed by atoms with E-state index >= 15 is 0 Å². The van der Waals surface area contributed by atoms with E-state index in [1.165, 1.54) is 0 Å². The van der Waals surface area contributed by atoms with Gasteiger partial charge >= 0.3 is 0 Å². The number of carbonyl (C=O) groups is 1. The molecule has 218 valence electrons. The van der Waals surface area contributed by atoms with Gasteiger partial charge in [0.15, 0.2) is 0 Å². The number of ether oxygens (including phenoxy) is 1. The van der Waals surface area contributed by atoms with E-state index in [2.05, 4.69) is 31.5 Å². The number of halogens is 2. The molecule has 0 aliphatic carbocycles. The molecular weight excluding hydrogens is 563 g/mol. The lowest BCUT2D eigenvalue weighted by Crippen LogP contribution is -2.52. The molecule has 11 heteroatoms. The molecular formula is C30H36Cl2N6O3. The average molecular weight is 600 g/mol. The summed E-state index contributed by atoms with van der Waals surface area (Å²) in [6, 6.07) is 13.3. The Bertz CT molecular complexity index is 1310. The highest BCUT2D eigenvalue weighted by atomic mass is 35.5. The van der Waals surface area contributed by atoms with E-state index in [9.17, 15) is 9.90 Å². The van der Waals surface area contributed by atoms with Gasteiger partial charge in [-0.3, -0.25) is 9.69 Å². The Balaban J connectivity index is 1.32. The van der Waals surface area contributed by atoms with Gasteiger partial charge in [-0.05, 0) is 73.8 Å². The highest BCUT2D eigenvalue weighted by Gasteiger charge is 2.21. The Morgan fingerprint density at radius 1 is 1.12 bits per heavy atom. The van der Waals surface area contributed by atoms with E-state index in [1.54, 1.807) is 19.2 Å². The third-order valence-electron chi connectivity index (χ3n) is 7.52. The standard InChI is InChI=1S/C30H36Cl2N6O3/c1-20(40)34-15-21-4-7-37(8-5-21)17-22-10-28(23-12-24(31)14-25(32)13-23)36-30(11-22)41-27-2-3-29(35-16-27)38-9-6-33-26(18-38)19-39/h2-3,10-14,16,21,26,33,39H,4-9,15,17-19H2,1H3,(H,34,40). The summed E-state index contributed by atoms with van der Waals surface area (Å²) < 4.78 is 6.22. The second-order valence-corrected chi connectivity index (χ2v) is 11.6. The Morgan fingerprint density at radius 2 is 1.90 bits per heavy atom. The summed E-state index contributed by atoms with van der Waals surface area (Å²) in [4.78, 5) is 25.3. The van der Waals surface area contributed by atoms with Crippen molar-refractivity contribution < 1.29 is 14.6 Å². The minimum absolute atomic E-state index is 0.0226. The van der Waals surface area contributed by atoms with Gasteiger partial charge in [-0.25, -0.2) is 9.97 Å². The van der Waals surface area contributed by atoms with Crippen molar-refractivity contribution in [2.24, 2.45) is 5.92 Å². The quantitative estimate of drug-likeness (QED) is 0.334. The number of likely N-dealkylation sites (tertiary alicyclic amines) is 1. The SMILES string of the molecule is CC(=O)NCC1CCN(Cc2cc(Oc3ccc(N4CCNC(CO)C4)nc3)nc(-c3cc(Cl)cc(Cl)c3)c2)CC1. The smallest absolute Gasteiger partial charge is 0.220 e. The van der Waals surface area contributed by atoms with Crippen molar-refractivity contribution in [3.63, 3.8) is 0 Å². The van der Waals surface area contributed by atoms with Crippen molar-refractivity contribution in [3.8, 4) is 22.9 Å². The molecule has 5 rings (SSSR count). The zero-order chi connectivity index (χ0) is 28.8. The summed E-state index contributed by atoms with van der Waals surface area (Å²) in [6.45, 7) is 7.36. The van der Waals surface area contributed by atoms with Crippen molar-refractivity contribution in [1.82, 2.24) is 25.5 Å². The normalized spacial score (nSPS) is 18.3. The molecule has 9 nitrogen and oxygen atoms in total. The summed E-state index contributed by atoms with van der Waals surface area (Å²) in [7, 11) is 0. The molecule has 1 unspecified atom stereocenters. The third-order valence-corrected chi connectivity index (χ3v) is 7.95. The lowest BCUT2D eigenvalue weighted by molar-refractivity contribution is -0.119. The van der Waals surface area contributed by atoms with Crippen LogP contribution in [0.5, 0.6) is 11.6 Å². The molecule has 2 saturated heterocycles. The molecule has 2 aliphatic rings. The number of carbonyl (C=O) groups excluding carboxylic acids is 1. The van der Waals surface area contributed by atoms with Gasteiger partial charge in [0.25, 0.3) is 0 Å². The van der Waals surface area contributed by atoms with E-state index in [1.807, 2.05) is 30.3 Å². The summed E-state index contributed by atoms with van der Waals surface area (Å²) >= 11 is 12.6. The van der Waals surface area contributed by atoms with Crippen LogP contribution in [-0.2, 0) is 11.3 Å². The molecule has 1 atom stereocenters. The molecule has 41 heavy (non-hydrogen) atoms. The van der Waals surface area contributed by atoms with Crippen LogP contribution in [0.25, 0.3) is 11.3 Å². The molecule has 1 amide bonds. The van der Waals surface area contributed by atoms with E-state index in [-0.39, 0.29) is 18.6 Å². The maximum atomic E-state index is 11.3. The van der Waals surface area contributed by atoms with E-state index in [4.69, 9.17) is 32.9 Å². The third kappa shape index (κ3) is 8.30. The molecule has 2 aromatic heterocycles. The van der Waals surface area contributed by atoms with Gasteiger partial charge in [-0.15, -0.1) is 0 Å². The fourth-order valence-electron chi connectivity index (χ4n) is 5.34. The zero-order valence-electron chi connectivity index (χ0n) is 23.2. The number of nitrogens with zero attached hydrogens (tertiary/aromatic N) is 4. The number of piperazine rings is 1. The Hall–Kier alpha value is -2.95. The van der Waals surface area contributed by atoms with Crippen LogP contribution in [0.4, 0.5) is 5.82 Å². The molecule has 3 N–H and O–H groups in total. The maximum absolute atomic E-state index is 11.3. The second-order valence-electron chi connectivity index (χ2n) is 10.7. The van der Waals surface area contributed by atoms with Crippen molar-refractivity contribution in [3.05, 3.63) is 64.3 Å². The summed E-state index contributed by atoms with van der Waals surface area (Å²) in [6.07, 6.45) is 3.78. The minimum atomic E-state index is 0.0226. The summed E-state index contributed by atoms with van der Waals surface area (Å²) in [5.74, 6) is 2.42. The number of rotatable bonds is 9.